The SMILES string of the molecule is CC(C)CC(CN(C)C)NC(=O)CCc1ccc(N)cc1. The molecule has 4 heteroatoms. The van der Waals surface area contributed by atoms with E-state index in [-0.39, 0.29) is 11.9 Å². The molecule has 1 atom stereocenters. The van der Waals surface area contributed by atoms with Crippen molar-refractivity contribution in [3.63, 3.8) is 0 Å². The number of nitrogens with zero attached hydrogens (tertiary/aromatic N) is 1. The van der Waals surface area contributed by atoms with Crippen LogP contribution in [0.15, 0.2) is 24.3 Å². The van der Waals surface area contributed by atoms with Gasteiger partial charge in [-0.25, -0.2) is 0 Å². The molecular weight excluding hydrogens is 262 g/mol. The molecule has 0 heterocycles. The van der Waals surface area contributed by atoms with E-state index in [2.05, 4.69) is 24.1 Å². The number of likely N-dealkylation sites (N-methyl/N-ethyl adjacent to an activating group) is 1. The van der Waals surface area contributed by atoms with Crippen molar-refractivity contribution >= 4 is 11.6 Å². The first-order valence-corrected chi connectivity index (χ1v) is 7.65. The molecule has 0 fully saturated rings. The van der Waals surface area contributed by atoms with E-state index in [4.69, 9.17) is 5.73 Å². The van der Waals surface area contributed by atoms with Crippen LogP contribution in [0.4, 0.5) is 5.69 Å². The summed E-state index contributed by atoms with van der Waals surface area (Å²) in [5.41, 5.74) is 7.56. The summed E-state index contributed by atoms with van der Waals surface area (Å²) in [5, 5.41) is 3.16. The summed E-state index contributed by atoms with van der Waals surface area (Å²) in [5.74, 6) is 0.701. The van der Waals surface area contributed by atoms with Crippen molar-refractivity contribution in [2.75, 3.05) is 26.4 Å². The van der Waals surface area contributed by atoms with Crippen LogP contribution in [0, 0.1) is 5.92 Å². The second-order valence-corrected chi connectivity index (χ2v) is 6.40. The third-order valence-corrected chi connectivity index (χ3v) is 3.33. The van der Waals surface area contributed by atoms with Crippen molar-refractivity contribution in [3.8, 4) is 0 Å². The average molecular weight is 291 g/mol. The number of carbonyl (C=O) groups is 1. The van der Waals surface area contributed by atoms with Gasteiger partial charge < -0.3 is 16.0 Å². The molecule has 0 spiro atoms. The zero-order chi connectivity index (χ0) is 15.8. The van der Waals surface area contributed by atoms with E-state index in [1.165, 1.54) is 0 Å². The van der Waals surface area contributed by atoms with Crippen LogP contribution < -0.4 is 11.1 Å². The highest BCUT2D eigenvalue weighted by atomic mass is 16.1. The van der Waals surface area contributed by atoms with Gasteiger partial charge in [-0.1, -0.05) is 26.0 Å². The minimum atomic E-state index is 0.124. The first-order valence-electron chi connectivity index (χ1n) is 7.65. The Bertz CT molecular complexity index is 416. The minimum absolute atomic E-state index is 0.124. The van der Waals surface area contributed by atoms with Crippen molar-refractivity contribution in [2.45, 2.75) is 39.2 Å². The number of rotatable bonds is 8. The van der Waals surface area contributed by atoms with E-state index >= 15 is 0 Å². The van der Waals surface area contributed by atoms with Gasteiger partial charge in [-0.3, -0.25) is 4.79 Å². The number of aryl methyl sites for hydroxylation is 1. The molecule has 0 bridgehead atoms. The summed E-state index contributed by atoms with van der Waals surface area (Å²) < 4.78 is 0. The molecule has 3 N–H and O–H groups in total. The van der Waals surface area contributed by atoms with Crippen LogP contribution in [-0.2, 0) is 11.2 Å². The van der Waals surface area contributed by atoms with E-state index in [1.807, 2.05) is 38.4 Å². The van der Waals surface area contributed by atoms with Gasteiger partial charge in [0.15, 0.2) is 0 Å². The number of nitrogens with one attached hydrogen (secondary N) is 1. The summed E-state index contributed by atoms with van der Waals surface area (Å²) >= 11 is 0. The molecule has 0 saturated carbocycles. The van der Waals surface area contributed by atoms with Crippen LogP contribution in [0.5, 0.6) is 0 Å². The Morgan fingerprint density at radius 2 is 1.86 bits per heavy atom. The maximum atomic E-state index is 12.1. The van der Waals surface area contributed by atoms with Gasteiger partial charge in [-0.15, -0.1) is 0 Å². The Balaban J connectivity index is 2.43. The van der Waals surface area contributed by atoms with E-state index in [0.717, 1.165) is 30.6 Å². The predicted molar refractivity (Wildman–Crippen MR) is 89.1 cm³/mol. The zero-order valence-corrected chi connectivity index (χ0v) is 13.7. The van der Waals surface area contributed by atoms with Crippen LogP contribution in [0.25, 0.3) is 0 Å². The molecule has 1 rings (SSSR count). The van der Waals surface area contributed by atoms with Crippen molar-refractivity contribution in [2.24, 2.45) is 5.92 Å². The van der Waals surface area contributed by atoms with Crippen LogP contribution in [0.3, 0.4) is 0 Å². The van der Waals surface area contributed by atoms with Crippen LogP contribution in [0.2, 0.25) is 0 Å². The molecule has 0 radical (unpaired) electrons. The van der Waals surface area contributed by atoms with Crippen molar-refractivity contribution in [1.29, 1.82) is 0 Å². The van der Waals surface area contributed by atoms with Gasteiger partial charge in [0.1, 0.15) is 0 Å². The molecular formula is C17H29N3O. The van der Waals surface area contributed by atoms with Gasteiger partial charge in [0.05, 0.1) is 0 Å². The molecule has 1 amide bonds. The number of nitrogens with two attached hydrogens (primary N) is 1. The molecule has 0 aliphatic rings. The molecule has 4 nitrogen and oxygen atoms in total. The minimum Gasteiger partial charge on any atom is -0.399 e. The first kappa shape index (κ1) is 17.5. The van der Waals surface area contributed by atoms with Gasteiger partial charge in [0.2, 0.25) is 5.91 Å². The summed E-state index contributed by atoms with van der Waals surface area (Å²) in [4.78, 5) is 14.2. The van der Waals surface area contributed by atoms with Gasteiger partial charge in [0.25, 0.3) is 0 Å². The topological polar surface area (TPSA) is 58.4 Å². The van der Waals surface area contributed by atoms with Crippen molar-refractivity contribution in [1.82, 2.24) is 10.2 Å². The highest BCUT2D eigenvalue weighted by Gasteiger charge is 2.14. The molecule has 1 unspecified atom stereocenters. The third-order valence-electron chi connectivity index (χ3n) is 3.33. The summed E-state index contributed by atoms with van der Waals surface area (Å²) in [7, 11) is 4.07. The number of hydrogen-bond donors (Lipinski definition) is 2. The Morgan fingerprint density at radius 1 is 1.24 bits per heavy atom. The fourth-order valence-corrected chi connectivity index (χ4v) is 2.43. The lowest BCUT2D eigenvalue weighted by Crippen LogP contribution is -2.42. The summed E-state index contributed by atoms with van der Waals surface area (Å²) in [6, 6.07) is 7.93. The Morgan fingerprint density at radius 3 is 2.38 bits per heavy atom. The lowest BCUT2D eigenvalue weighted by Gasteiger charge is -2.24. The lowest BCUT2D eigenvalue weighted by atomic mass is 10.0. The van der Waals surface area contributed by atoms with Gasteiger partial charge in [-0.2, -0.15) is 0 Å². The molecule has 21 heavy (non-hydrogen) atoms. The number of nitrogen functional groups attached to an aromatic ring is 1. The third kappa shape index (κ3) is 7.71. The second kappa shape index (κ2) is 8.67. The molecule has 1 aromatic rings. The Hall–Kier alpha value is -1.55. The maximum Gasteiger partial charge on any atom is 0.220 e. The molecule has 0 aromatic heterocycles. The molecule has 1 aromatic carbocycles. The fraction of sp³-hybridized carbons (Fsp3) is 0.588. The number of amides is 1. The predicted octanol–water partition coefficient (Wildman–Crippen LogP) is 2.29. The van der Waals surface area contributed by atoms with Gasteiger partial charge in [0, 0.05) is 24.7 Å². The number of benzene rings is 1. The van der Waals surface area contributed by atoms with E-state index in [1.54, 1.807) is 0 Å². The number of carbonyl (C=O) groups excluding carboxylic acids is 1. The van der Waals surface area contributed by atoms with Crippen LogP contribution in [0.1, 0.15) is 32.3 Å². The van der Waals surface area contributed by atoms with E-state index in [9.17, 15) is 4.79 Å². The largest absolute Gasteiger partial charge is 0.399 e. The second-order valence-electron chi connectivity index (χ2n) is 6.40. The first-order chi connectivity index (χ1) is 9.86. The number of hydrogen-bond acceptors (Lipinski definition) is 3. The standard InChI is InChI=1S/C17H29N3O/c1-13(2)11-16(12-20(3)4)19-17(21)10-7-14-5-8-15(18)9-6-14/h5-6,8-9,13,16H,7,10-12,18H2,1-4H3,(H,19,21). The van der Waals surface area contributed by atoms with Crippen LogP contribution in [-0.4, -0.2) is 37.5 Å². The highest BCUT2D eigenvalue weighted by Crippen LogP contribution is 2.09. The molecule has 0 saturated heterocycles. The van der Waals surface area contributed by atoms with Crippen molar-refractivity contribution in [3.05, 3.63) is 29.8 Å². The average Bonchev–Trinajstić information content (AvgIpc) is 2.36. The smallest absolute Gasteiger partial charge is 0.220 e. The lowest BCUT2D eigenvalue weighted by molar-refractivity contribution is -0.121. The Labute approximate surface area is 128 Å². The Kier molecular flexibility index (Phi) is 7.23. The fourth-order valence-electron chi connectivity index (χ4n) is 2.43. The van der Waals surface area contributed by atoms with E-state index < -0.39 is 0 Å². The zero-order valence-electron chi connectivity index (χ0n) is 13.7. The molecule has 0 aliphatic carbocycles. The highest BCUT2D eigenvalue weighted by molar-refractivity contribution is 5.76. The van der Waals surface area contributed by atoms with Crippen molar-refractivity contribution < 1.29 is 4.79 Å². The van der Waals surface area contributed by atoms with Gasteiger partial charge in [-0.05, 0) is 50.6 Å². The molecule has 0 aliphatic heterocycles. The van der Waals surface area contributed by atoms with Gasteiger partial charge >= 0.3 is 0 Å². The summed E-state index contributed by atoms with van der Waals surface area (Å²) in [6.45, 7) is 5.25. The quantitative estimate of drug-likeness (QED) is 0.723. The van der Waals surface area contributed by atoms with Crippen LogP contribution >= 0.6 is 0 Å². The number of anilines is 1. The normalized spacial score (nSPS) is 12.7. The van der Waals surface area contributed by atoms with E-state index in [0.29, 0.717) is 12.3 Å². The monoisotopic (exact) mass is 291 g/mol. The maximum absolute atomic E-state index is 12.1. The summed E-state index contributed by atoms with van der Waals surface area (Å²) in [6.07, 6.45) is 2.28. The molecule has 118 valence electrons.